The molecule has 2 rings (SSSR count). The molecule has 0 aliphatic rings. The van der Waals surface area contributed by atoms with Crippen molar-refractivity contribution >= 4 is 28.8 Å². The van der Waals surface area contributed by atoms with Gasteiger partial charge in [-0.1, -0.05) is 0 Å². The molecule has 0 aliphatic carbocycles. The Balaban J connectivity index is 2.03. The SMILES string of the molecule is Cn1ccc(-c2nc(CNC(=O)CCl)cs2)n1. The van der Waals surface area contributed by atoms with E-state index in [2.05, 4.69) is 15.4 Å². The van der Waals surface area contributed by atoms with E-state index in [1.165, 1.54) is 11.3 Å². The largest absolute Gasteiger partial charge is 0.349 e. The number of thiazole rings is 1. The molecule has 2 aromatic heterocycles. The molecule has 0 saturated heterocycles. The van der Waals surface area contributed by atoms with Crippen LogP contribution in [0, 0.1) is 0 Å². The molecular weight excluding hydrogens is 260 g/mol. The van der Waals surface area contributed by atoms with Gasteiger partial charge in [0.1, 0.15) is 16.6 Å². The maximum absolute atomic E-state index is 11.0. The zero-order chi connectivity index (χ0) is 12.3. The Morgan fingerprint density at radius 2 is 2.47 bits per heavy atom. The minimum Gasteiger partial charge on any atom is -0.349 e. The Labute approximate surface area is 107 Å². The Hall–Kier alpha value is -1.40. The van der Waals surface area contributed by atoms with E-state index >= 15 is 0 Å². The fourth-order valence-corrected chi connectivity index (χ4v) is 2.15. The van der Waals surface area contributed by atoms with Crippen molar-refractivity contribution in [3.05, 3.63) is 23.3 Å². The second-order valence-corrected chi connectivity index (χ2v) is 4.55. The van der Waals surface area contributed by atoms with Gasteiger partial charge in [-0.15, -0.1) is 22.9 Å². The lowest BCUT2D eigenvalue weighted by Gasteiger charge is -1.98. The standard InChI is InChI=1S/C10H11ClN4OS/c1-15-3-2-8(14-15)10-13-7(6-17-10)5-12-9(16)4-11/h2-3,6H,4-5H2,1H3,(H,12,16). The predicted molar refractivity (Wildman–Crippen MR) is 66.9 cm³/mol. The number of nitrogens with one attached hydrogen (secondary N) is 1. The molecule has 0 unspecified atom stereocenters. The van der Waals surface area contributed by atoms with E-state index in [4.69, 9.17) is 11.6 Å². The molecule has 0 radical (unpaired) electrons. The van der Waals surface area contributed by atoms with E-state index < -0.39 is 0 Å². The van der Waals surface area contributed by atoms with Gasteiger partial charge in [-0.3, -0.25) is 9.48 Å². The van der Waals surface area contributed by atoms with Crippen molar-refractivity contribution in [2.24, 2.45) is 7.05 Å². The number of carbonyl (C=O) groups is 1. The second-order valence-electron chi connectivity index (χ2n) is 3.43. The minimum absolute atomic E-state index is 0.0305. The molecule has 0 aliphatic heterocycles. The molecule has 2 aromatic rings. The van der Waals surface area contributed by atoms with Gasteiger partial charge < -0.3 is 5.32 Å². The first-order chi connectivity index (χ1) is 8.19. The monoisotopic (exact) mass is 270 g/mol. The zero-order valence-electron chi connectivity index (χ0n) is 9.18. The first kappa shape index (κ1) is 12.1. The van der Waals surface area contributed by atoms with Crippen LogP contribution in [0.5, 0.6) is 0 Å². The summed E-state index contributed by atoms with van der Waals surface area (Å²) in [7, 11) is 1.86. The fourth-order valence-electron chi connectivity index (χ4n) is 1.27. The minimum atomic E-state index is -0.195. The third-order valence-corrected chi connectivity index (χ3v) is 3.23. The highest BCUT2D eigenvalue weighted by Gasteiger charge is 2.07. The van der Waals surface area contributed by atoms with Crippen molar-refractivity contribution in [3.8, 4) is 10.7 Å². The lowest BCUT2D eigenvalue weighted by atomic mass is 10.4. The third kappa shape index (κ3) is 3.04. The van der Waals surface area contributed by atoms with Crippen molar-refractivity contribution in [3.63, 3.8) is 0 Å². The van der Waals surface area contributed by atoms with Crippen LogP contribution in [0.15, 0.2) is 17.6 Å². The van der Waals surface area contributed by atoms with Crippen LogP contribution in [0.3, 0.4) is 0 Å². The summed E-state index contributed by atoms with van der Waals surface area (Å²) in [5, 5.41) is 9.68. The topological polar surface area (TPSA) is 59.8 Å². The van der Waals surface area contributed by atoms with Crippen molar-refractivity contribution in [2.45, 2.75) is 6.54 Å². The smallest absolute Gasteiger partial charge is 0.235 e. The fraction of sp³-hybridized carbons (Fsp3) is 0.300. The van der Waals surface area contributed by atoms with E-state index in [9.17, 15) is 4.79 Å². The molecule has 0 bridgehead atoms. The average Bonchev–Trinajstić information content (AvgIpc) is 2.94. The number of alkyl halides is 1. The molecule has 1 amide bonds. The number of carbonyl (C=O) groups excluding carboxylic acids is 1. The Kier molecular flexibility index (Phi) is 3.75. The summed E-state index contributed by atoms with van der Waals surface area (Å²) >= 11 is 6.88. The highest BCUT2D eigenvalue weighted by atomic mass is 35.5. The lowest BCUT2D eigenvalue weighted by molar-refractivity contribution is -0.118. The number of nitrogens with zero attached hydrogens (tertiary/aromatic N) is 3. The maximum Gasteiger partial charge on any atom is 0.235 e. The molecule has 90 valence electrons. The number of hydrogen-bond donors (Lipinski definition) is 1. The molecular formula is C10H11ClN4OS. The van der Waals surface area contributed by atoms with E-state index in [-0.39, 0.29) is 11.8 Å². The van der Waals surface area contributed by atoms with Crippen LogP contribution in [0.25, 0.3) is 10.7 Å². The zero-order valence-corrected chi connectivity index (χ0v) is 10.8. The summed E-state index contributed by atoms with van der Waals surface area (Å²) in [6, 6.07) is 1.90. The Bertz CT molecular complexity index is 522. The molecule has 0 atom stereocenters. The molecule has 0 fully saturated rings. The first-order valence-corrected chi connectivity index (χ1v) is 6.37. The van der Waals surface area contributed by atoms with Gasteiger partial charge in [0, 0.05) is 18.6 Å². The number of aromatic nitrogens is 3. The van der Waals surface area contributed by atoms with Gasteiger partial charge in [0.2, 0.25) is 5.91 Å². The summed E-state index contributed by atoms with van der Waals surface area (Å²) in [5.41, 5.74) is 1.65. The summed E-state index contributed by atoms with van der Waals surface area (Å²) in [5.74, 6) is -0.226. The van der Waals surface area contributed by atoms with Gasteiger partial charge in [-0.05, 0) is 6.07 Å². The van der Waals surface area contributed by atoms with Crippen LogP contribution < -0.4 is 5.32 Å². The van der Waals surface area contributed by atoms with Gasteiger partial charge in [0.05, 0.1) is 12.2 Å². The van der Waals surface area contributed by atoms with Gasteiger partial charge in [0.25, 0.3) is 0 Å². The maximum atomic E-state index is 11.0. The van der Waals surface area contributed by atoms with Gasteiger partial charge in [-0.25, -0.2) is 4.98 Å². The number of hydrogen-bond acceptors (Lipinski definition) is 4. The number of aryl methyl sites for hydroxylation is 1. The van der Waals surface area contributed by atoms with Gasteiger partial charge >= 0.3 is 0 Å². The number of rotatable bonds is 4. The molecule has 17 heavy (non-hydrogen) atoms. The van der Waals surface area contributed by atoms with Gasteiger partial charge in [-0.2, -0.15) is 5.10 Å². The molecule has 2 heterocycles. The normalized spacial score (nSPS) is 10.5. The summed E-state index contributed by atoms with van der Waals surface area (Å²) in [4.78, 5) is 15.4. The average molecular weight is 271 g/mol. The molecule has 5 nitrogen and oxygen atoms in total. The van der Waals surface area contributed by atoms with E-state index in [0.29, 0.717) is 6.54 Å². The predicted octanol–water partition coefficient (Wildman–Crippen LogP) is 1.40. The summed E-state index contributed by atoms with van der Waals surface area (Å²) in [6.07, 6.45) is 1.87. The molecule has 0 spiro atoms. The van der Waals surface area contributed by atoms with Crippen LogP contribution in [0.1, 0.15) is 5.69 Å². The van der Waals surface area contributed by atoms with Crippen molar-refractivity contribution in [1.82, 2.24) is 20.1 Å². The van der Waals surface area contributed by atoms with Crippen LogP contribution in [0.4, 0.5) is 0 Å². The Morgan fingerprint density at radius 3 is 3.12 bits per heavy atom. The highest BCUT2D eigenvalue weighted by Crippen LogP contribution is 2.21. The first-order valence-electron chi connectivity index (χ1n) is 4.96. The molecule has 7 heteroatoms. The lowest BCUT2D eigenvalue weighted by Crippen LogP contribution is -2.23. The second kappa shape index (κ2) is 5.29. The number of halogens is 1. The third-order valence-electron chi connectivity index (χ3n) is 2.07. The highest BCUT2D eigenvalue weighted by molar-refractivity contribution is 7.13. The van der Waals surface area contributed by atoms with E-state index in [1.807, 2.05) is 24.7 Å². The van der Waals surface area contributed by atoms with E-state index in [0.717, 1.165) is 16.4 Å². The molecule has 0 aromatic carbocycles. The van der Waals surface area contributed by atoms with Gasteiger partial charge in [0.15, 0.2) is 0 Å². The van der Waals surface area contributed by atoms with Crippen molar-refractivity contribution in [1.29, 1.82) is 0 Å². The Morgan fingerprint density at radius 1 is 1.65 bits per heavy atom. The quantitative estimate of drug-likeness (QED) is 0.855. The summed E-state index contributed by atoms with van der Waals surface area (Å²) < 4.78 is 1.73. The number of amides is 1. The van der Waals surface area contributed by atoms with Crippen LogP contribution in [-0.2, 0) is 18.4 Å². The van der Waals surface area contributed by atoms with Crippen molar-refractivity contribution in [2.75, 3.05) is 5.88 Å². The molecule has 1 N–H and O–H groups in total. The van der Waals surface area contributed by atoms with Crippen LogP contribution in [-0.4, -0.2) is 26.6 Å². The van der Waals surface area contributed by atoms with Crippen molar-refractivity contribution < 1.29 is 4.79 Å². The van der Waals surface area contributed by atoms with Crippen LogP contribution >= 0.6 is 22.9 Å². The van der Waals surface area contributed by atoms with Crippen LogP contribution in [0.2, 0.25) is 0 Å². The molecule has 0 saturated carbocycles. The summed E-state index contributed by atoms with van der Waals surface area (Å²) in [6.45, 7) is 0.398. The van der Waals surface area contributed by atoms with E-state index in [1.54, 1.807) is 4.68 Å².